The van der Waals surface area contributed by atoms with Crippen molar-refractivity contribution in [2.45, 2.75) is 51.5 Å². The molecule has 0 amide bonds. The Balaban J connectivity index is 0.00000240. The number of rotatable bonds is 4. The third-order valence-corrected chi connectivity index (χ3v) is 5.27. The molecule has 2 aromatic rings. The van der Waals surface area contributed by atoms with E-state index in [0.717, 1.165) is 29.7 Å². The molecule has 1 aliphatic heterocycles. The molecule has 1 aromatic carbocycles. The molecule has 2 heterocycles. The first-order chi connectivity index (χ1) is 13.5. The molecular formula is C20H28FIN6O. The van der Waals surface area contributed by atoms with Crippen LogP contribution in [0, 0.1) is 12.7 Å². The van der Waals surface area contributed by atoms with Crippen LogP contribution in [0.3, 0.4) is 0 Å². The van der Waals surface area contributed by atoms with Crippen LogP contribution in [-0.2, 0) is 18.3 Å². The zero-order chi connectivity index (χ0) is 19.7. The molecule has 1 saturated carbocycles. The molecule has 158 valence electrons. The van der Waals surface area contributed by atoms with Gasteiger partial charge < -0.3 is 19.5 Å². The highest BCUT2D eigenvalue weighted by atomic mass is 127. The van der Waals surface area contributed by atoms with Crippen molar-refractivity contribution in [1.29, 1.82) is 0 Å². The van der Waals surface area contributed by atoms with E-state index in [0.29, 0.717) is 19.1 Å². The number of ether oxygens (including phenoxy) is 1. The number of aliphatic imine (C=N–C) groups is 1. The Morgan fingerprint density at radius 1 is 1.24 bits per heavy atom. The molecule has 9 heteroatoms. The summed E-state index contributed by atoms with van der Waals surface area (Å²) in [6, 6.07) is 7.04. The zero-order valence-corrected chi connectivity index (χ0v) is 19.3. The molecule has 1 aromatic heterocycles. The van der Waals surface area contributed by atoms with Crippen molar-refractivity contribution in [3.8, 4) is 0 Å². The molecule has 29 heavy (non-hydrogen) atoms. The van der Waals surface area contributed by atoms with Crippen molar-refractivity contribution < 1.29 is 9.13 Å². The summed E-state index contributed by atoms with van der Waals surface area (Å²) in [6.45, 7) is 5.89. The van der Waals surface area contributed by atoms with E-state index in [1.165, 1.54) is 25.0 Å². The third kappa shape index (κ3) is 5.44. The molecule has 1 saturated heterocycles. The van der Waals surface area contributed by atoms with Gasteiger partial charge in [-0.1, -0.05) is 12.1 Å². The third-order valence-electron chi connectivity index (χ3n) is 5.27. The summed E-state index contributed by atoms with van der Waals surface area (Å²) in [5.41, 5.74) is 0.979. The Morgan fingerprint density at radius 2 is 1.97 bits per heavy atom. The number of aryl methyl sites for hydroxylation is 1. The van der Waals surface area contributed by atoms with Crippen molar-refractivity contribution in [2.24, 2.45) is 12.0 Å². The summed E-state index contributed by atoms with van der Waals surface area (Å²) in [5.74, 6) is 2.36. The number of benzene rings is 1. The molecule has 4 rings (SSSR count). The summed E-state index contributed by atoms with van der Waals surface area (Å²) in [7, 11) is 1.95. The van der Waals surface area contributed by atoms with E-state index in [1.54, 1.807) is 12.1 Å². The van der Waals surface area contributed by atoms with E-state index < -0.39 is 0 Å². The normalized spacial score (nSPS) is 22.3. The van der Waals surface area contributed by atoms with E-state index in [1.807, 2.05) is 18.5 Å². The Hall–Kier alpha value is -1.75. The highest BCUT2D eigenvalue weighted by molar-refractivity contribution is 14.0. The Kier molecular flexibility index (Phi) is 7.10. The number of aromatic nitrogens is 3. The first kappa shape index (κ1) is 21.9. The smallest absolute Gasteiger partial charge is 0.194 e. The number of nitrogens with zero attached hydrogens (tertiary/aromatic N) is 5. The van der Waals surface area contributed by atoms with Gasteiger partial charge in [0.15, 0.2) is 11.8 Å². The SMILES string of the molecule is Cc1nnc(CN=C(NC2CC2)N2CC(C)OC(c3ccc(F)cc3)C2)n1C.I. The zero-order valence-electron chi connectivity index (χ0n) is 17.0. The molecule has 2 fully saturated rings. The van der Waals surface area contributed by atoms with E-state index in [-0.39, 0.29) is 42.0 Å². The number of guanidine groups is 1. The van der Waals surface area contributed by atoms with Crippen LogP contribution in [-0.4, -0.2) is 50.9 Å². The average molecular weight is 514 g/mol. The van der Waals surface area contributed by atoms with Gasteiger partial charge in [-0.05, 0) is 44.4 Å². The van der Waals surface area contributed by atoms with Gasteiger partial charge >= 0.3 is 0 Å². The lowest BCUT2D eigenvalue weighted by Crippen LogP contribution is -2.51. The molecule has 0 bridgehead atoms. The molecular weight excluding hydrogens is 486 g/mol. The summed E-state index contributed by atoms with van der Waals surface area (Å²) >= 11 is 0. The maximum absolute atomic E-state index is 13.3. The monoisotopic (exact) mass is 514 g/mol. The van der Waals surface area contributed by atoms with Gasteiger partial charge in [0.2, 0.25) is 0 Å². The summed E-state index contributed by atoms with van der Waals surface area (Å²) in [5, 5.41) is 11.9. The molecule has 2 atom stereocenters. The standard InChI is InChI=1S/C20H27FN6O.HI/c1-13-11-27(12-18(28-13)15-4-6-16(21)7-5-15)20(23-17-8-9-17)22-10-19-25-24-14(2)26(19)3;/h4-7,13,17-18H,8-12H2,1-3H3,(H,22,23);1H. The second kappa shape index (κ2) is 9.38. The highest BCUT2D eigenvalue weighted by Gasteiger charge is 2.31. The minimum atomic E-state index is -0.235. The van der Waals surface area contributed by atoms with Gasteiger partial charge in [0.1, 0.15) is 24.3 Å². The van der Waals surface area contributed by atoms with Gasteiger partial charge in [-0.3, -0.25) is 0 Å². The largest absolute Gasteiger partial charge is 0.367 e. The van der Waals surface area contributed by atoms with E-state index >= 15 is 0 Å². The number of nitrogens with one attached hydrogen (secondary N) is 1. The van der Waals surface area contributed by atoms with Crippen molar-refractivity contribution in [3.05, 3.63) is 47.3 Å². The topological polar surface area (TPSA) is 67.6 Å². The van der Waals surface area contributed by atoms with Crippen LogP contribution in [0.2, 0.25) is 0 Å². The molecule has 2 aliphatic rings. The molecule has 2 unspecified atom stereocenters. The van der Waals surface area contributed by atoms with E-state index in [4.69, 9.17) is 9.73 Å². The second-order valence-electron chi connectivity index (χ2n) is 7.67. The van der Waals surface area contributed by atoms with Crippen LogP contribution in [0.15, 0.2) is 29.3 Å². The lowest BCUT2D eigenvalue weighted by atomic mass is 10.1. The maximum Gasteiger partial charge on any atom is 0.194 e. The lowest BCUT2D eigenvalue weighted by Gasteiger charge is -2.39. The van der Waals surface area contributed by atoms with E-state index in [2.05, 4.69) is 27.3 Å². The molecule has 7 nitrogen and oxygen atoms in total. The van der Waals surface area contributed by atoms with Crippen LogP contribution in [0.1, 0.15) is 43.1 Å². The lowest BCUT2D eigenvalue weighted by molar-refractivity contribution is -0.0605. The van der Waals surface area contributed by atoms with Crippen LogP contribution in [0.25, 0.3) is 0 Å². The predicted molar refractivity (Wildman–Crippen MR) is 120 cm³/mol. The van der Waals surface area contributed by atoms with Crippen molar-refractivity contribution >= 4 is 29.9 Å². The number of morpholine rings is 1. The Labute approximate surface area is 187 Å². The summed E-state index contributed by atoms with van der Waals surface area (Å²) < 4.78 is 21.4. The Morgan fingerprint density at radius 3 is 2.59 bits per heavy atom. The number of halogens is 2. The Bertz CT molecular complexity index is 851. The first-order valence-electron chi connectivity index (χ1n) is 9.81. The van der Waals surface area contributed by atoms with Crippen LogP contribution in [0.4, 0.5) is 4.39 Å². The molecule has 1 N–H and O–H groups in total. The average Bonchev–Trinajstić information content (AvgIpc) is 3.45. The molecule has 1 aliphatic carbocycles. The van der Waals surface area contributed by atoms with Gasteiger partial charge in [-0.15, -0.1) is 34.2 Å². The fourth-order valence-electron chi connectivity index (χ4n) is 3.37. The summed E-state index contributed by atoms with van der Waals surface area (Å²) in [4.78, 5) is 7.08. The van der Waals surface area contributed by atoms with Crippen LogP contribution < -0.4 is 5.32 Å². The second-order valence-corrected chi connectivity index (χ2v) is 7.67. The highest BCUT2D eigenvalue weighted by Crippen LogP contribution is 2.26. The minimum absolute atomic E-state index is 0. The fraction of sp³-hybridized carbons (Fsp3) is 0.550. The van der Waals surface area contributed by atoms with E-state index in [9.17, 15) is 4.39 Å². The van der Waals surface area contributed by atoms with Crippen LogP contribution in [0.5, 0.6) is 0 Å². The summed E-state index contributed by atoms with van der Waals surface area (Å²) in [6.07, 6.45) is 2.27. The first-order valence-corrected chi connectivity index (χ1v) is 9.81. The van der Waals surface area contributed by atoms with Gasteiger partial charge in [0, 0.05) is 19.6 Å². The molecule has 0 spiro atoms. The van der Waals surface area contributed by atoms with Crippen LogP contribution >= 0.6 is 24.0 Å². The minimum Gasteiger partial charge on any atom is -0.367 e. The predicted octanol–water partition coefficient (Wildman–Crippen LogP) is 2.95. The number of hydrogen-bond donors (Lipinski definition) is 1. The van der Waals surface area contributed by atoms with Gasteiger partial charge in [-0.25, -0.2) is 9.38 Å². The fourth-order valence-corrected chi connectivity index (χ4v) is 3.37. The molecule has 0 radical (unpaired) electrons. The maximum atomic E-state index is 13.3. The van der Waals surface area contributed by atoms with Crippen molar-refractivity contribution in [1.82, 2.24) is 25.0 Å². The van der Waals surface area contributed by atoms with Gasteiger partial charge in [0.25, 0.3) is 0 Å². The number of hydrogen-bond acceptors (Lipinski definition) is 4. The van der Waals surface area contributed by atoms with Crippen molar-refractivity contribution in [2.75, 3.05) is 13.1 Å². The van der Waals surface area contributed by atoms with Gasteiger partial charge in [0.05, 0.1) is 12.6 Å². The quantitative estimate of drug-likeness (QED) is 0.386. The van der Waals surface area contributed by atoms with Gasteiger partial charge in [-0.2, -0.15) is 0 Å². The van der Waals surface area contributed by atoms with Crippen molar-refractivity contribution in [3.63, 3.8) is 0 Å².